The highest BCUT2D eigenvalue weighted by molar-refractivity contribution is 6.03. The van der Waals surface area contributed by atoms with Gasteiger partial charge in [-0.05, 0) is 71.5 Å². The predicted octanol–water partition coefficient (Wildman–Crippen LogP) is -0.260. The molecule has 31 heavy (non-hydrogen) atoms. The third-order valence-electron chi connectivity index (χ3n) is 6.88. The van der Waals surface area contributed by atoms with E-state index in [4.69, 9.17) is 4.74 Å². The maximum atomic E-state index is 12.7. The summed E-state index contributed by atoms with van der Waals surface area (Å²) in [6.45, 7) is 10.3. The molecule has 3 aliphatic rings. The molecular weight excluding hydrogens is 400 g/mol. The summed E-state index contributed by atoms with van der Waals surface area (Å²) in [7, 11) is 0. The quantitative estimate of drug-likeness (QED) is 0.249. The van der Waals surface area contributed by atoms with E-state index in [1.165, 1.54) is 12.8 Å². The van der Waals surface area contributed by atoms with Crippen molar-refractivity contribution in [3.05, 3.63) is 12.2 Å². The van der Waals surface area contributed by atoms with Crippen LogP contribution >= 0.6 is 0 Å². The van der Waals surface area contributed by atoms with Gasteiger partial charge in [-0.2, -0.15) is 0 Å². The topological polar surface area (TPSA) is 129 Å². The molecule has 174 valence electrons. The first-order valence-corrected chi connectivity index (χ1v) is 11.3. The van der Waals surface area contributed by atoms with Gasteiger partial charge in [0.15, 0.2) is 0 Å². The Morgan fingerprint density at radius 3 is 2.58 bits per heavy atom. The fourth-order valence-electron chi connectivity index (χ4n) is 4.32. The standard InChI is InChI=1S/C22H36N4O5/c1-13(20(29)25-18-4-5-19(28)26-21(18)30)22(3,14(2)27)31-17-10-16(11-17)24-12-15-6-8-23-9-7-15/h14-18,23-24,27H,1,4-12H2,2-3H3,(H,25,29)(H,26,28,30)/t14?,16-,17-,18?,22?. The van der Waals surface area contributed by atoms with Gasteiger partial charge in [0, 0.05) is 18.0 Å². The number of carbonyl (C=O) groups excluding carboxylic acids is 3. The number of aliphatic hydroxyl groups is 1. The summed E-state index contributed by atoms with van der Waals surface area (Å²) in [4.78, 5) is 35.9. The van der Waals surface area contributed by atoms with Crippen LogP contribution in [0.1, 0.15) is 52.4 Å². The third-order valence-corrected chi connectivity index (χ3v) is 6.88. The second kappa shape index (κ2) is 10.2. The molecule has 3 rings (SSSR count). The van der Waals surface area contributed by atoms with Gasteiger partial charge in [0.2, 0.25) is 17.7 Å². The van der Waals surface area contributed by atoms with Crippen LogP contribution in [0.4, 0.5) is 0 Å². The van der Waals surface area contributed by atoms with Crippen LogP contribution in [0, 0.1) is 5.92 Å². The van der Waals surface area contributed by atoms with Gasteiger partial charge < -0.3 is 25.8 Å². The molecule has 1 saturated carbocycles. The Bertz CT molecular complexity index is 700. The number of imide groups is 1. The van der Waals surface area contributed by atoms with Crippen molar-refractivity contribution in [3.63, 3.8) is 0 Å². The molecule has 3 fully saturated rings. The van der Waals surface area contributed by atoms with Crippen molar-refractivity contribution in [2.45, 2.75) is 82.3 Å². The van der Waals surface area contributed by atoms with Crippen molar-refractivity contribution in [2.24, 2.45) is 5.92 Å². The van der Waals surface area contributed by atoms with Crippen molar-refractivity contribution < 1.29 is 24.2 Å². The van der Waals surface area contributed by atoms with E-state index >= 15 is 0 Å². The van der Waals surface area contributed by atoms with Gasteiger partial charge in [-0.1, -0.05) is 6.58 Å². The van der Waals surface area contributed by atoms with E-state index in [0.29, 0.717) is 12.0 Å². The van der Waals surface area contributed by atoms with E-state index in [9.17, 15) is 19.5 Å². The van der Waals surface area contributed by atoms with Crippen LogP contribution in [-0.2, 0) is 19.1 Å². The first kappa shape index (κ1) is 23.8. The number of nitrogens with one attached hydrogen (secondary N) is 4. The zero-order chi connectivity index (χ0) is 22.6. The summed E-state index contributed by atoms with van der Waals surface area (Å²) >= 11 is 0. The maximum absolute atomic E-state index is 12.7. The summed E-state index contributed by atoms with van der Waals surface area (Å²) in [5.74, 6) is -0.726. The SMILES string of the molecule is C=C(C(=O)NC1CCC(=O)NC1=O)C(C)(O[C@H]1C[C@H](NCC2CCNCC2)C1)C(C)O. The van der Waals surface area contributed by atoms with Crippen molar-refractivity contribution in [2.75, 3.05) is 19.6 Å². The Hall–Kier alpha value is -1.81. The lowest BCUT2D eigenvalue weighted by Crippen LogP contribution is -2.57. The lowest BCUT2D eigenvalue weighted by molar-refractivity contribution is -0.153. The van der Waals surface area contributed by atoms with Crippen molar-refractivity contribution in [1.82, 2.24) is 21.3 Å². The number of piperidine rings is 2. The highest BCUT2D eigenvalue weighted by Crippen LogP contribution is 2.34. The summed E-state index contributed by atoms with van der Waals surface area (Å²) in [6, 6.07) is -0.420. The molecule has 0 bridgehead atoms. The minimum Gasteiger partial charge on any atom is -0.390 e. The van der Waals surface area contributed by atoms with Gasteiger partial charge in [-0.25, -0.2) is 0 Å². The second-order valence-corrected chi connectivity index (χ2v) is 9.25. The van der Waals surface area contributed by atoms with Crippen LogP contribution in [0.5, 0.6) is 0 Å². The summed E-state index contributed by atoms with van der Waals surface area (Å²) < 4.78 is 6.16. The molecule has 0 radical (unpaired) electrons. The highest BCUT2D eigenvalue weighted by atomic mass is 16.5. The molecule has 3 amide bonds. The fourth-order valence-corrected chi connectivity index (χ4v) is 4.32. The lowest BCUT2D eigenvalue weighted by atomic mass is 9.85. The van der Waals surface area contributed by atoms with Gasteiger partial charge in [0.1, 0.15) is 11.6 Å². The first-order valence-electron chi connectivity index (χ1n) is 11.3. The van der Waals surface area contributed by atoms with E-state index in [1.807, 2.05) is 0 Å². The lowest BCUT2D eigenvalue weighted by Gasteiger charge is -2.44. The normalized spacial score (nSPS) is 30.0. The fraction of sp³-hybridized carbons (Fsp3) is 0.773. The molecule has 2 saturated heterocycles. The molecule has 0 spiro atoms. The number of ether oxygens (including phenoxy) is 1. The van der Waals surface area contributed by atoms with Crippen LogP contribution in [0.25, 0.3) is 0 Å². The molecule has 2 heterocycles. The molecule has 0 aromatic heterocycles. The maximum Gasteiger partial charge on any atom is 0.250 e. The van der Waals surface area contributed by atoms with Crippen molar-refractivity contribution >= 4 is 17.7 Å². The van der Waals surface area contributed by atoms with E-state index in [2.05, 4.69) is 27.8 Å². The van der Waals surface area contributed by atoms with E-state index < -0.39 is 29.6 Å². The number of hydrogen-bond acceptors (Lipinski definition) is 7. The molecule has 1 aliphatic carbocycles. The largest absolute Gasteiger partial charge is 0.390 e. The van der Waals surface area contributed by atoms with Gasteiger partial charge >= 0.3 is 0 Å². The molecule has 2 aliphatic heterocycles. The van der Waals surface area contributed by atoms with Gasteiger partial charge in [0.05, 0.1) is 12.2 Å². The number of amides is 3. The van der Waals surface area contributed by atoms with Crippen LogP contribution in [-0.4, -0.2) is 72.4 Å². The van der Waals surface area contributed by atoms with E-state index in [0.717, 1.165) is 32.5 Å². The molecule has 9 nitrogen and oxygen atoms in total. The average Bonchev–Trinajstić information content (AvgIpc) is 2.71. The minimum atomic E-state index is -1.27. The molecule has 9 heteroatoms. The number of hydrogen-bond donors (Lipinski definition) is 5. The Balaban J connectivity index is 1.48. The molecule has 3 atom stereocenters. The zero-order valence-electron chi connectivity index (χ0n) is 18.5. The summed E-state index contributed by atoms with van der Waals surface area (Å²) in [5.41, 5.74) is -1.20. The summed E-state index contributed by atoms with van der Waals surface area (Å²) in [5, 5.41) is 22.2. The molecule has 0 aromatic rings. The molecule has 5 N–H and O–H groups in total. The Labute approximate surface area is 183 Å². The van der Waals surface area contributed by atoms with E-state index in [1.54, 1.807) is 13.8 Å². The van der Waals surface area contributed by atoms with Crippen molar-refractivity contribution in [1.29, 1.82) is 0 Å². The number of carbonyl (C=O) groups is 3. The van der Waals surface area contributed by atoms with Crippen molar-refractivity contribution in [3.8, 4) is 0 Å². The first-order chi connectivity index (χ1) is 14.7. The smallest absolute Gasteiger partial charge is 0.250 e. The van der Waals surface area contributed by atoms with Gasteiger partial charge in [-0.3, -0.25) is 19.7 Å². The van der Waals surface area contributed by atoms with Crippen LogP contribution in [0.2, 0.25) is 0 Å². The van der Waals surface area contributed by atoms with Gasteiger partial charge in [0.25, 0.3) is 0 Å². The third kappa shape index (κ3) is 5.91. The van der Waals surface area contributed by atoms with E-state index in [-0.39, 0.29) is 30.4 Å². The molecule has 3 unspecified atom stereocenters. The van der Waals surface area contributed by atoms with Crippen LogP contribution in [0.3, 0.4) is 0 Å². The Morgan fingerprint density at radius 1 is 1.29 bits per heavy atom. The molecular formula is C22H36N4O5. The van der Waals surface area contributed by atoms with Crippen LogP contribution < -0.4 is 21.3 Å². The highest BCUT2D eigenvalue weighted by Gasteiger charge is 2.44. The zero-order valence-corrected chi connectivity index (χ0v) is 18.5. The second-order valence-electron chi connectivity index (χ2n) is 9.25. The Kier molecular flexibility index (Phi) is 7.85. The number of aliphatic hydroxyl groups excluding tert-OH is 1. The minimum absolute atomic E-state index is 0.0679. The Morgan fingerprint density at radius 2 is 1.97 bits per heavy atom. The average molecular weight is 437 g/mol. The van der Waals surface area contributed by atoms with Crippen LogP contribution in [0.15, 0.2) is 12.2 Å². The molecule has 0 aromatic carbocycles. The summed E-state index contributed by atoms with van der Waals surface area (Å²) in [6.07, 6.45) is 3.39. The monoisotopic (exact) mass is 436 g/mol. The predicted molar refractivity (Wildman–Crippen MR) is 115 cm³/mol. The van der Waals surface area contributed by atoms with Gasteiger partial charge in [-0.15, -0.1) is 0 Å². The number of rotatable bonds is 9.